The zero-order valence-electron chi connectivity index (χ0n) is 10.0. The van der Waals surface area contributed by atoms with Crippen LogP contribution in [0.5, 0.6) is 0 Å². The molecule has 0 aliphatic rings. The van der Waals surface area contributed by atoms with Gasteiger partial charge in [0.1, 0.15) is 10.4 Å². The summed E-state index contributed by atoms with van der Waals surface area (Å²) in [4.78, 5) is 21.8. The van der Waals surface area contributed by atoms with Crippen LogP contribution < -0.4 is 0 Å². The van der Waals surface area contributed by atoms with E-state index in [-0.39, 0.29) is 5.91 Å². The van der Waals surface area contributed by atoms with Gasteiger partial charge in [0, 0.05) is 13.2 Å². The molecule has 18 heavy (non-hydrogen) atoms. The Morgan fingerprint density at radius 2 is 2.28 bits per heavy atom. The van der Waals surface area contributed by atoms with Gasteiger partial charge in [0.25, 0.3) is 5.91 Å². The van der Waals surface area contributed by atoms with E-state index in [1.807, 2.05) is 6.92 Å². The SMILES string of the molecule is Cc1nc(CN(C)C(=O)c2ccc(Br)nc2)n[nH]1. The number of hydrogen-bond acceptors (Lipinski definition) is 4. The van der Waals surface area contributed by atoms with Crippen molar-refractivity contribution in [3.8, 4) is 0 Å². The van der Waals surface area contributed by atoms with Crippen LogP contribution in [0.4, 0.5) is 0 Å². The normalized spacial score (nSPS) is 10.4. The van der Waals surface area contributed by atoms with Gasteiger partial charge in [0.2, 0.25) is 0 Å². The highest BCUT2D eigenvalue weighted by molar-refractivity contribution is 9.10. The molecule has 0 saturated carbocycles. The highest BCUT2D eigenvalue weighted by Crippen LogP contribution is 2.09. The first-order valence-electron chi connectivity index (χ1n) is 5.31. The van der Waals surface area contributed by atoms with Crippen LogP contribution in [0.2, 0.25) is 0 Å². The fraction of sp³-hybridized carbons (Fsp3) is 0.273. The summed E-state index contributed by atoms with van der Waals surface area (Å²) >= 11 is 3.23. The fourth-order valence-electron chi connectivity index (χ4n) is 1.47. The lowest BCUT2D eigenvalue weighted by atomic mass is 10.2. The minimum absolute atomic E-state index is 0.113. The number of rotatable bonds is 3. The number of amides is 1. The molecule has 0 aliphatic heterocycles. The highest BCUT2D eigenvalue weighted by atomic mass is 79.9. The molecule has 0 unspecified atom stereocenters. The first kappa shape index (κ1) is 12.7. The average molecular weight is 310 g/mol. The van der Waals surface area contributed by atoms with Gasteiger partial charge in [0.15, 0.2) is 5.82 Å². The zero-order chi connectivity index (χ0) is 13.1. The minimum atomic E-state index is -0.113. The van der Waals surface area contributed by atoms with Crippen LogP contribution in [0.25, 0.3) is 0 Å². The van der Waals surface area contributed by atoms with Gasteiger partial charge in [-0.15, -0.1) is 0 Å². The van der Waals surface area contributed by atoms with Crippen LogP contribution in [0.3, 0.4) is 0 Å². The van der Waals surface area contributed by atoms with Gasteiger partial charge in [-0.05, 0) is 35.0 Å². The standard InChI is InChI=1S/C11H12BrN5O/c1-7-14-10(16-15-7)6-17(2)11(18)8-3-4-9(12)13-5-8/h3-5H,6H2,1-2H3,(H,14,15,16). The first-order chi connectivity index (χ1) is 8.56. The number of nitrogens with zero attached hydrogens (tertiary/aromatic N) is 4. The van der Waals surface area contributed by atoms with Gasteiger partial charge >= 0.3 is 0 Å². The molecule has 0 bridgehead atoms. The van der Waals surface area contributed by atoms with Crippen molar-refractivity contribution in [2.45, 2.75) is 13.5 Å². The van der Waals surface area contributed by atoms with Crippen LogP contribution in [-0.4, -0.2) is 38.0 Å². The smallest absolute Gasteiger partial charge is 0.255 e. The van der Waals surface area contributed by atoms with Crippen LogP contribution in [-0.2, 0) is 6.54 Å². The molecule has 2 heterocycles. The van der Waals surface area contributed by atoms with Crippen LogP contribution in [0.1, 0.15) is 22.0 Å². The molecule has 0 saturated heterocycles. The van der Waals surface area contributed by atoms with E-state index < -0.39 is 0 Å². The van der Waals surface area contributed by atoms with E-state index in [1.54, 1.807) is 24.1 Å². The number of pyridine rings is 1. The number of carbonyl (C=O) groups excluding carboxylic acids is 1. The van der Waals surface area contributed by atoms with E-state index in [9.17, 15) is 4.79 Å². The van der Waals surface area contributed by atoms with Crippen molar-refractivity contribution in [3.05, 3.63) is 40.1 Å². The maximum absolute atomic E-state index is 12.1. The third-order valence-corrected chi connectivity index (χ3v) is 2.81. The molecule has 0 spiro atoms. The summed E-state index contributed by atoms with van der Waals surface area (Å²) in [5.41, 5.74) is 0.535. The molecular weight excluding hydrogens is 298 g/mol. The monoisotopic (exact) mass is 309 g/mol. The van der Waals surface area contributed by atoms with Gasteiger partial charge in [-0.25, -0.2) is 9.97 Å². The van der Waals surface area contributed by atoms with Crippen molar-refractivity contribution in [2.24, 2.45) is 0 Å². The molecule has 2 aromatic heterocycles. The number of aromatic amines is 1. The summed E-state index contributed by atoms with van der Waals surface area (Å²) < 4.78 is 0.700. The van der Waals surface area contributed by atoms with Crippen molar-refractivity contribution in [1.29, 1.82) is 0 Å². The molecule has 1 amide bonds. The summed E-state index contributed by atoms with van der Waals surface area (Å²) in [5.74, 6) is 1.21. The van der Waals surface area contributed by atoms with Crippen molar-refractivity contribution in [1.82, 2.24) is 25.1 Å². The second-order valence-corrected chi connectivity index (χ2v) is 4.68. The number of halogens is 1. The van der Waals surface area contributed by atoms with Gasteiger partial charge in [-0.1, -0.05) is 0 Å². The predicted octanol–water partition coefficient (Wildman–Crippen LogP) is 1.54. The Hall–Kier alpha value is -1.76. The molecule has 0 radical (unpaired) electrons. The zero-order valence-corrected chi connectivity index (χ0v) is 11.6. The van der Waals surface area contributed by atoms with Crippen molar-refractivity contribution < 1.29 is 4.79 Å². The molecule has 0 aromatic carbocycles. The second-order valence-electron chi connectivity index (χ2n) is 3.87. The Morgan fingerprint density at radius 3 is 2.83 bits per heavy atom. The Kier molecular flexibility index (Phi) is 3.71. The summed E-state index contributed by atoms with van der Waals surface area (Å²) in [5, 5.41) is 6.74. The van der Waals surface area contributed by atoms with E-state index in [1.165, 1.54) is 6.20 Å². The molecule has 2 aromatic rings. The molecule has 0 fully saturated rings. The van der Waals surface area contributed by atoms with Crippen molar-refractivity contribution in [2.75, 3.05) is 7.05 Å². The maximum Gasteiger partial charge on any atom is 0.255 e. The van der Waals surface area contributed by atoms with E-state index in [2.05, 4.69) is 36.1 Å². The van der Waals surface area contributed by atoms with Crippen molar-refractivity contribution >= 4 is 21.8 Å². The Bertz CT molecular complexity index is 551. The molecule has 7 heteroatoms. The Balaban J connectivity index is 2.07. The predicted molar refractivity (Wildman–Crippen MR) is 68.9 cm³/mol. The highest BCUT2D eigenvalue weighted by Gasteiger charge is 2.14. The first-order valence-corrected chi connectivity index (χ1v) is 6.10. The minimum Gasteiger partial charge on any atom is -0.334 e. The topological polar surface area (TPSA) is 74.8 Å². The van der Waals surface area contributed by atoms with Crippen LogP contribution >= 0.6 is 15.9 Å². The molecule has 6 nitrogen and oxygen atoms in total. The molecule has 94 valence electrons. The Labute approximate surface area is 113 Å². The number of carbonyl (C=O) groups is 1. The van der Waals surface area contributed by atoms with Gasteiger partial charge in [0.05, 0.1) is 12.1 Å². The maximum atomic E-state index is 12.1. The number of nitrogens with one attached hydrogen (secondary N) is 1. The number of H-pyrrole nitrogens is 1. The van der Waals surface area contributed by atoms with E-state index in [0.29, 0.717) is 22.5 Å². The third kappa shape index (κ3) is 2.92. The average Bonchev–Trinajstić information content (AvgIpc) is 2.75. The molecule has 0 aliphatic carbocycles. The molecule has 1 N–H and O–H groups in total. The summed E-state index contributed by atoms with van der Waals surface area (Å²) in [6, 6.07) is 3.46. The van der Waals surface area contributed by atoms with E-state index in [4.69, 9.17) is 0 Å². The quantitative estimate of drug-likeness (QED) is 0.873. The molecule has 0 atom stereocenters. The third-order valence-electron chi connectivity index (χ3n) is 2.34. The molecular formula is C11H12BrN5O. The second kappa shape index (κ2) is 5.26. The van der Waals surface area contributed by atoms with Crippen molar-refractivity contribution in [3.63, 3.8) is 0 Å². The van der Waals surface area contributed by atoms with Gasteiger partial charge < -0.3 is 4.90 Å². The van der Waals surface area contributed by atoms with Gasteiger partial charge in [-0.2, -0.15) is 5.10 Å². The Morgan fingerprint density at radius 1 is 1.50 bits per heavy atom. The lowest BCUT2D eigenvalue weighted by molar-refractivity contribution is 0.0781. The summed E-state index contributed by atoms with van der Waals surface area (Å²) in [7, 11) is 1.70. The number of aromatic nitrogens is 4. The molecule has 2 rings (SSSR count). The largest absolute Gasteiger partial charge is 0.334 e. The van der Waals surface area contributed by atoms with Crippen LogP contribution in [0, 0.1) is 6.92 Å². The van der Waals surface area contributed by atoms with Gasteiger partial charge in [-0.3, -0.25) is 9.89 Å². The fourth-order valence-corrected chi connectivity index (χ4v) is 1.70. The summed E-state index contributed by atoms with van der Waals surface area (Å²) in [6.07, 6.45) is 1.53. The van der Waals surface area contributed by atoms with E-state index >= 15 is 0 Å². The summed E-state index contributed by atoms with van der Waals surface area (Å²) in [6.45, 7) is 2.18. The lowest BCUT2D eigenvalue weighted by Gasteiger charge is -2.14. The number of aryl methyl sites for hydroxylation is 1. The number of hydrogen-bond donors (Lipinski definition) is 1. The lowest BCUT2D eigenvalue weighted by Crippen LogP contribution is -2.26. The van der Waals surface area contributed by atoms with Crippen LogP contribution in [0.15, 0.2) is 22.9 Å². The van der Waals surface area contributed by atoms with E-state index in [0.717, 1.165) is 5.82 Å².